The van der Waals surface area contributed by atoms with Crippen molar-refractivity contribution in [1.82, 2.24) is 10.1 Å². The number of carbonyl (C=O) groups excluding carboxylic acids is 1. The smallest absolute Gasteiger partial charge is 0.410 e. The van der Waals surface area contributed by atoms with E-state index >= 15 is 0 Å². The average molecular weight is 461 g/mol. The predicted molar refractivity (Wildman–Crippen MR) is 120 cm³/mol. The third-order valence-electron chi connectivity index (χ3n) is 6.07. The lowest BCUT2D eigenvalue weighted by Crippen LogP contribution is -2.35. The second-order valence-electron chi connectivity index (χ2n) is 8.24. The summed E-state index contributed by atoms with van der Waals surface area (Å²) < 4.78 is 22.5. The third-order valence-corrected chi connectivity index (χ3v) is 6.07. The fourth-order valence-corrected chi connectivity index (χ4v) is 4.13. The number of carboxylic acid groups (broad SMARTS) is 1. The largest absolute Gasteiger partial charge is 0.490 e. The normalized spacial score (nSPS) is 16.5. The SMILES string of the molecule is Cc1noc(-c2ccc(OC3CCOCC3)cc2)c1COC(=O)N(C)C1CCCC1.O=CO. The van der Waals surface area contributed by atoms with Crippen LogP contribution in [0.3, 0.4) is 0 Å². The van der Waals surface area contributed by atoms with Crippen molar-refractivity contribution in [2.24, 2.45) is 0 Å². The monoisotopic (exact) mass is 460 g/mol. The summed E-state index contributed by atoms with van der Waals surface area (Å²) >= 11 is 0. The number of amides is 1. The van der Waals surface area contributed by atoms with Gasteiger partial charge in [-0.15, -0.1) is 0 Å². The van der Waals surface area contributed by atoms with Gasteiger partial charge in [-0.3, -0.25) is 4.79 Å². The number of aromatic nitrogens is 1. The van der Waals surface area contributed by atoms with Crippen molar-refractivity contribution in [3.8, 4) is 17.1 Å². The first kappa shape index (κ1) is 24.6. The van der Waals surface area contributed by atoms with Gasteiger partial charge in [0.25, 0.3) is 6.47 Å². The molecule has 1 aliphatic heterocycles. The first-order valence-corrected chi connectivity index (χ1v) is 11.3. The molecular weight excluding hydrogens is 428 g/mol. The number of ether oxygens (including phenoxy) is 3. The van der Waals surface area contributed by atoms with E-state index in [0.717, 1.165) is 61.5 Å². The van der Waals surface area contributed by atoms with E-state index in [2.05, 4.69) is 5.16 Å². The van der Waals surface area contributed by atoms with Crippen LogP contribution in [0.5, 0.6) is 5.75 Å². The Morgan fingerprint density at radius 3 is 2.45 bits per heavy atom. The number of carbonyl (C=O) groups is 2. The lowest BCUT2D eigenvalue weighted by molar-refractivity contribution is -0.122. The first-order chi connectivity index (χ1) is 16.0. The molecule has 1 saturated carbocycles. The number of benzene rings is 1. The molecule has 4 rings (SSSR count). The van der Waals surface area contributed by atoms with E-state index in [9.17, 15) is 4.79 Å². The van der Waals surface area contributed by atoms with Gasteiger partial charge in [0.15, 0.2) is 5.76 Å². The summed E-state index contributed by atoms with van der Waals surface area (Å²) in [6.45, 7) is 3.25. The Morgan fingerprint density at radius 1 is 1.18 bits per heavy atom. The number of aryl methyl sites for hydroxylation is 1. The van der Waals surface area contributed by atoms with Gasteiger partial charge < -0.3 is 28.7 Å². The van der Waals surface area contributed by atoms with Crippen LogP contribution < -0.4 is 4.74 Å². The van der Waals surface area contributed by atoms with Gasteiger partial charge in [-0.25, -0.2) is 4.79 Å². The van der Waals surface area contributed by atoms with Crippen molar-refractivity contribution >= 4 is 12.6 Å². The molecule has 1 aromatic carbocycles. The van der Waals surface area contributed by atoms with Crippen LogP contribution in [0, 0.1) is 6.92 Å². The van der Waals surface area contributed by atoms with Gasteiger partial charge in [0, 0.05) is 31.5 Å². The first-order valence-electron chi connectivity index (χ1n) is 11.3. The Morgan fingerprint density at radius 2 is 1.82 bits per heavy atom. The average Bonchev–Trinajstić information content (AvgIpc) is 3.49. The highest BCUT2D eigenvalue weighted by Gasteiger charge is 2.25. The molecule has 9 nitrogen and oxygen atoms in total. The molecule has 2 aromatic rings. The maximum atomic E-state index is 12.4. The summed E-state index contributed by atoms with van der Waals surface area (Å²) in [5.74, 6) is 1.45. The van der Waals surface area contributed by atoms with Crippen molar-refractivity contribution in [2.45, 2.75) is 64.2 Å². The topological polar surface area (TPSA) is 111 Å². The van der Waals surface area contributed by atoms with Gasteiger partial charge in [-0.1, -0.05) is 18.0 Å². The zero-order chi connectivity index (χ0) is 23.6. The van der Waals surface area contributed by atoms with Crippen LogP contribution in [-0.4, -0.2) is 60.1 Å². The Labute approximate surface area is 193 Å². The molecule has 1 aromatic heterocycles. The minimum atomic E-state index is -0.298. The second kappa shape index (κ2) is 12.2. The lowest BCUT2D eigenvalue weighted by atomic mass is 10.1. The Balaban J connectivity index is 0.000000968. The van der Waals surface area contributed by atoms with Crippen molar-refractivity contribution in [2.75, 3.05) is 20.3 Å². The number of nitrogens with zero attached hydrogens (tertiary/aromatic N) is 2. The van der Waals surface area contributed by atoms with Crippen molar-refractivity contribution in [1.29, 1.82) is 0 Å². The van der Waals surface area contributed by atoms with Gasteiger partial charge in [-0.2, -0.15) is 0 Å². The molecule has 2 fully saturated rings. The number of rotatable bonds is 6. The molecule has 9 heteroatoms. The predicted octanol–water partition coefficient (Wildman–Crippen LogP) is 4.42. The van der Waals surface area contributed by atoms with Crippen molar-refractivity contribution < 1.29 is 33.4 Å². The van der Waals surface area contributed by atoms with Crippen LogP contribution in [0.4, 0.5) is 4.79 Å². The van der Waals surface area contributed by atoms with E-state index in [1.807, 2.05) is 38.2 Å². The van der Waals surface area contributed by atoms with Gasteiger partial charge in [-0.05, 0) is 44.0 Å². The molecule has 2 aliphatic rings. The summed E-state index contributed by atoms with van der Waals surface area (Å²) in [4.78, 5) is 22.5. The van der Waals surface area contributed by atoms with Gasteiger partial charge in [0.1, 0.15) is 18.5 Å². The van der Waals surface area contributed by atoms with Crippen LogP contribution in [0.25, 0.3) is 11.3 Å². The molecule has 0 unspecified atom stereocenters. The molecule has 1 N–H and O–H groups in total. The molecule has 33 heavy (non-hydrogen) atoms. The van der Waals surface area contributed by atoms with Gasteiger partial charge in [0.05, 0.1) is 24.5 Å². The lowest BCUT2D eigenvalue weighted by Gasteiger charge is -2.23. The van der Waals surface area contributed by atoms with E-state index in [1.54, 1.807) is 4.90 Å². The van der Waals surface area contributed by atoms with Crippen LogP contribution in [0.1, 0.15) is 49.8 Å². The molecule has 0 radical (unpaired) electrons. The summed E-state index contributed by atoms with van der Waals surface area (Å²) in [7, 11) is 1.82. The summed E-state index contributed by atoms with van der Waals surface area (Å²) in [5, 5.41) is 11.0. The highest BCUT2D eigenvalue weighted by molar-refractivity contribution is 5.68. The molecule has 2 heterocycles. The molecule has 0 spiro atoms. The Kier molecular flexibility index (Phi) is 9.12. The van der Waals surface area contributed by atoms with E-state index in [1.165, 1.54) is 12.8 Å². The highest BCUT2D eigenvalue weighted by atomic mass is 16.6. The zero-order valence-corrected chi connectivity index (χ0v) is 19.2. The van der Waals surface area contributed by atoms with Crippen LogP contribution in [0.15, 0.2) is 28.8 Å². The summed E-state index contributed by atoms with van der Waals surface area (Å²) in [5.41, 5.74) is 2.40. The van der Waals surface area contributed by atoms with Crippen LogP contribution >= 0.6 is 0 Å². The maximum absolute atomic E-state index is 12.4. The van der Waals surface area contributed by atoms with Gasteiger partial charge >= 0.3 is 6.09 Å². The van der Waals surface area contributed by atoms with Gasteiger partial charge in [0.2, 0.25) is 0 Å². The zero-order valence-electron chi connectivity index (χ0n) is 19.2. The number of hydrogen-bond donors (Lipinski definition) is 1. The minimum absolute atomic E-state index is 0.140. The number of hydrogen-bond acceptors (Lipinski definition) is 7. The quantitative estimate of drug-likeness (QED) is 0.631. The molecule has 0 atom stereocenters. The fourth-order valence-electron chi connectivity index (χ4n) is 4.13. The second-order valence-corrected chi connectivity index (χ2v) is 8.24. The van der Waals surface area contributed by atoms with Crippen LogP contribution in [-0.2, 0) is 20.9 Å². The molecule has 1 saturated heterocycles. The fraction of sp³-hybridized carbons (Fsp3) is 0.542. The standard InChI is InChI=1S/C23H30N2O5.CH2O2/c1-16-21(15-28-23(26)25(2)18-5-3-4-6-18)22(30-24-16)17-7-9-19(10-8-17)29-20-11-13-27-14-12-20;2-1-3/h7-10,18,20H,3-6,11-15H2,1-2H3;1H,(H,2,3). The Hall–Kier alpha value is -3.07. The van der Waals surface area contributed by atoms with E-state index < -0.39 is 0 Å². The molecule has 180 valence electrons. The minimum Gasteiger partial charge on any atom is -0.490 e. The van der Waals surface area contributed by atoms with E-state index in [-0.39, 0.29) is 31.3 Å². The molecule has 1 amide bonds. The molecular formula is C24H32N2O7. The molecule has 0 bridgehead atoms. The van der Waals surface area contributed by atoms with E-state index in [0.29, 0.717) is 5.76 Å². The van der Waals surface area contributed by atoms with Crippen molar-refractivity contribution in [3.63, 3.8) is 0 Å². The summed E-state index contributed by atoms with van der Waals surface area (Å²) in [6.07, 6.45) is 6.16. The third kappa shape index (κ3) is 6.71. The maximum Gasteiger partial charge on any atom is 0.410 e. The summed E-state index contributed by atoms with van der Waals surface area (Å²) in [6, 6.07) is 8.05. The van der Waals surface area contributed by atoms with Crippen molar-refractivity contribution in [3.05, 3.63) is 35.5 Å². The van der Waals surface area contributed by atoms with Crippen LogP contribution in [0.2, 0.25) is 0 Å². The Bertz CT molecular complexity index is 885. The van der Waals surface area contributed by atoms with E-state index in [4.69, 9.17) is 28.6 Å². The highest BCUT2D eigenvalue weighted by Crippen LogP contribution is 2.30. The molecule has 1 aliphatic carbocycles.